The van der Waals surface area contributed by atoms with Crippen molar-refractivity contribution < 1.29 is 4.79 Å². The molecule has 0 aliphatic rings. The quantitative estimate of drug-likeness (QED) is 0.611. The molecular formula is C10H20O. The fourth-order valence-electron chi connectivity index (χ4n) is 1.06. The van der Waals surface area contributed by atoms with Crippen molar-refractivity contribution in [2.75, 3.05) is 0 Å². The summed E-state index contributed by atoms with van der Waals surface area (Å²) in [5, 5.41) is 0. The van der Waals surface area contributed by atoms with Gasteiger partial charge in [-0.25, -0.2) is 0 Å². The van der Waals surface area contributed by atoms with E-state index in [1.165, 1.54) is 0 Å². The molecule has 0 heterocycles. The molecule has 0 radical (unpaired) electrons. The Morgan fingerprint density at radius 3 is 2.18 bits per heavy atom. The van der Waals surface area contributed by atoms with Gasteiger partial charge in [-0.15, -0.1) is 0 Å². The average Bonchev–Trinajstić information content (AvgIpc) is 1.86. The molecule has 0 saturated carbocycles. The smallest absolute Gasteiger partial charge is 0.130 e. The third-order valence-corrected chi connectivity index (χ3v) is 2.84. The first-order chi connectivity index (χ1) is 4.90. The maximum absolute atomic E-state index is 10.8. The Labute approximate surface area is 70.2 Å². The van der Waals surface area contributed by atoms with Crippen LogP contribution >= 0.6 is 0 Å². The summed E-state index contributed by atoms with van der Waals surface area (Å²) in [6.07, 6.45) is 1.86. The first kappa shape index (κ1) is 10.7. The van der Waals surface area contributed by atoms with Gasteiger partial charge in [0, 0.05) is 6.42 Å². The number of Topliss-reactive ketones (excluding diaryl/α,β-unsaturated/α-hetero) is 1. The van der Waals surface area contributed by atoms with Crippen LogP contribution in [0.3, 0.4) is 0 Å². The van der Waals surface area contributed by atoms with Crippen molar-refractivity contribution in [2.45, 2.75) is 47.5 Å². The van der Waals surface area contributed by atoms with E-state index < -0.39 is 0 Å². The Bertz CT molecular complexity index is 136. The zero-order valence-corrected chi connectivity index (χ0v) is 8.40. The summed E-state index contributed by atoms with van der Waals surface area (Å²) in [5.41, 5.74) is 0.311. The van der Waals surface area contributed by atoms with Gasteiger partial charge in [0.05, 0.1) is 0 Å². The largest absolute Gasteiger partial charge is 0.300 e. The minimum absolute atomic E-state index is 0.305. The van der Waals surface area contributed by atoms with Crippen LogP contribution in [-0.2, 0) is 4.79 Å². The molecule has 0 aliphatic carbocycles. The van der Waals surface area contributed by atoms with E-state index in [2.05, 4.69) is 27.7 Å². The van der Waals surface area contributed by atoms with Crippen LogP contribution in [0.15, 0.2) is 0 Å². The summed E-state index contributed by atoms with van der Waals surface area (Å²) in [6.45, 7) is 10.4. The lowest BCUT2D eigenvalue weighted by Gasteiger charge is -2.29. The normalized spacial score (nSPS) is 14.6. The van der Waals surface area contributed by atoms with Gasteiger partial charge in [0.2, 0.25) is 0 Å². The fourth-order valence-corrected chi connectivity index (χ4v) is 1.06. The lowest BCUT2D eigenvalue weighted by molar-refractivity contribution is -0.118. The lowest BCUT2D eigenvalue weighted by Crippen LogP contribution is -2.22. The SMILES string of the molecule is CCC(C)(C)C(C)CC(C)=O. The summed E-state index contributed by atoms with van der Waals surface area (Å²) in [6, 6.07) is 0. The summed E-state index contributed by atoms with van der Waals surface area (Å²) < 4.78 is 0. The van der Waals surface area contributed by atoms with E-state index in [0.29, 0.717) is 17.1 Å². The summed E-state index contributed by atoms with van der Waals surface area (Å²) in [5.74, 6) is 0.809. The van der Waals surface area contributed by atoms with E-state index in [4.69, 9.17) is 0 Å². The van der Waals surface area contributed by atoms with Crippen molar-refractivity contribution in [3.05, 3.63) is 0 Å². The minimum atomic E-state index is 0.305. The van der Waals surface area contributed by atoms with Gasteiger partial charge in [-0.2, -0.15) is 0 Å². The molecule has 0 fully saturated rings. The second kappa shape index (κ2) is 3.89. The molecule has 0 aromatic heterocycles. The van der Waals surface area contributed by atoms with E-state index in [-0.39, 0.29) is 0 Å². The van der Waals surface area contributed by atoms with Crippen LogP contribution in [0, 0.1) is 11.3 Å². The molecule has 1 atom stereocenters. The van der Waals surface area contributed by atoms with Crippen LogP contribution in [0.2, 0.25) is 0 Å². The molecule has 1 heteroatoms. The molecular weight excluding hydrogens is 136 g/mol. The van der Waals surface area contributed by atoms with Crippen molar-refractivity contribution >= 4 is 5.78 Å². The van der Waals surface area contributed by atoms with Gasteiger partial charge in [-0.3, -0.25) is 0 Å². The fraction of sp³-hybridized carbons (Fsp3) is 0.900. The van der Waals surface area contributed by atoms with Crippen molar-refractivity contribution in [3.63, 3.8) is 0 Å². The van der Waals surface area contributed by atoms with Gasteiger partial charge in [0.25, 0.3) is 0 Å². The summed E-state index contributed by atoms with van der Waals surface area (Å²) >= 11 is 0. The molecule has 0 amide bonds. The van der Waals surface area contributed by atoms with E-state index >= 15 is 0 Å². The highest BCUT2D eigenvalue weighted by atomic mass is 16.1. The summed E-state index contributed by atoms with van der Waals surface area (Å²) in [7, 11) is 0. The molecule has 0 rings (SSSR count). The molecule has 0 spiro atoms. The number of hydrogen-bond donors (Lipinski definition) is 0. The molecule has 11 heavy (non-hydrogen) atoms. The van der Waals surface area contributed by atoms with Crippen molar-refractivity contribution in [1.29, 1.82) is 0 Å². The molecule has 66 valence electrons. The van der Waals surface area contributed by atoms with Crippen LogP contribution in [-0.4, -0.2) is 5.78 Å². The molecule has 0 aromatic carbocycles. The molecule has 1 unspecified atom stereocenters. The Hall–Kier alpha value is -0.330. The first-order valence-corrected chi connectivity index (χ1v) is 4.39. The zero-order valence-electron chi connectivity index (χ0n) is 8.40. The number of ketones is 1. The van der Waals surface area contributed by atoms with E-state index in [1.54, 1.807) is 6.92 Å². The van der Waals surface area contributed by atoms with E-state index in [1.807, 2.05) is 0 Å². The van der Waals surface area contributed by atoms with Crippen LogP contribution < -0.4 is 0 Å². The van der Waals surface area contributed by atoms with Crippen LogP contribution in [0.1, 0.15) is 47.5 Å². The van der Waals surface area contributed by atoms with Gasteiger partial charge in [-0.05, 0) is 18.3 Å². The Balaban J connectivity index is 4.01. The van der Waals surface area contributed by atoms with Gasteiger partial charge in [-0.1, -0.05) is 34.1 Å². The van der Waals surface area contributed by atoms with Gasteiger partial charge in [0.1, 0.15) is 5.78 Å². The molecule has 0 aromatic rings. The van der Waals surface area contributed by atoms with Crippen LogP contribution in [0.5, 0.6) is 0 Å². The maximum atomic E-state index is 10.8. The molecule has 0 saturated heterocycles. The average molecular weight is 156 g/mol. The third-order valence-electron chi connectivity index (χ3n) is 2.84. The van der Waals surface area contributed by atoms with Crippen LogP contribution in [0.25, 0.3) is 0 Å². The predicted molar refractivity (Wildman–Crippen MR) is 48.5 cm³/mol. The Morgan fingerprint density at radius 1 is 1.45 bits per heavy atom. The standard InChI is InChI=1S/C10H20O/c1-6-10(4,5)8(2)7-9(3)11/h8H,6-7H2,1-5H3. The maximum Gasteiger partial charge on any atom is 0.130 e. The highest BCUT2D eigenvalue weighted by Gasteiger charge is 2.24. The second-order valence-electron chi connectivity index (χ2n) is 4.15. The predicted octanol–water partition coefficient (Wildman–Crippen LogP) is 3.04. The first-order valence-electron chi connectivity index (χ1n) is 4.39. The zero-order chi connectivity index (χ0) is 9.07. The van der Waals surface area contributed by atoms with Gasteiger partial charge >= 0.3 is 0 Å². The molecule has 0 aliphatic heterocycles. The topological polar surface area (TPSA) is 17.1 Å². The van der Waals surface area contributed by atoms with Gasteiger partial charge < -0.3 is 4.79 Å². The number of carbonyl (C=O) groups excluding carboxylic acids is 1. The number of carbonyl (C=O) groups is 1. The third kappa shape index (κ3) is 3.54. The summed E-state index contributed by atoms with van der Waals surface area (Å²) in [4.78, 5) is 10.8. The van der Waals surface area contributed by atoms with Crippen LogP contribution in [0.4, 0.5) is 0 Å². The Kier molecular flexibility index (Phi) is 3.77. The minimum Gasteiger partial charge on any atom is -0.300 e. The molecule has 0 N–H and O–H groups in total. The second-order valence-corrected chi connectivity index (χ2v) is 4.15. The lowest BCUT2D eigenvalue weighted by atomic mass is 9.75. The monoisotopic (exact) mass is 156 g/mol. The van der Waals surface area contributed by atoms with Crippen molar-refractivity contribution in [2.24, 2.45) is 11.3 Å². The van der Waals surface area contributed by atoms with E-state index in [9.17, 15) is 4.79 Å². The van der Waals surface area contributed by atoms with Crippen molar-refractivity contribution in [1.82, 2.24) is 0 Å². The van der Waals surface area contributed by atoms with Crippen molar-refractivity contribution in [3.8, 4) is 0 Å². The molecule has 1 nitrogen and oxygen atoms in total. The van der Waals surface area contributed by atoms with E-state index in [0.717, 1.165) is 12.8 Å². The highest BCUT2D eigenvalue weighted by Crippen LogP contribution is 2.32. The molecule has 0 bridgehead atoms. The van der Waals surface area contributed by atoms with Gasteiger partial charge in [0.15, 0.2) is 0 Å². The number of rotatable bonds is 4. The highest BCUT2D eigenvalue weighted by molar-refractivity contribution is 5.75. The Morgan fingerprint density at radius 2 is 1.91 bits per heavy atom. The number of hydrogen-bond acceptors (Lipinski definition) is 1.